The molecule has 1 saturated heterocycles. The molecule has 20 heavy (non-hydrogen) atoms. The van der Waals surface area contributed by atoms with Crippen molar-refractivity contribution in [2.24, 2.45) is 0 Å². The molecule has 1 fully saturated rings. The van der Waals surface area contributed by atoms with E-state index in [2.05, 4.69) is 15.9 Å². The first kappa shape index (κ1) is 16.6. The smallest absolute Gasteiger partial charge is 0.207 e. The normalized spacial score (nSPS) is 21.1. The predicted octanol–water partition coefficient (Wildman–Crippen LogP) is 4.27. The zero-order chi connectivity index (χ0) is 14.8. The molecule has 0 saturated carbocycles. The van der Waals surface area contributed by atoms with E-state index in [0.717, 1.165) is 23.7 Å². The van der Waals surface area contributed by atoms with Gasteiger partial charge in [-0.15, -0.1) is 11.6 Å². The first-order chi connectivity index (χ1) is 9.46. The number of piperidine rings is 1. The van der Waals surface area contributed by atoms with Gasteiger partial charge < -0.3 is 0 Å². The van der Waals surface area contributed by atoms with Crippen LogP contribution in [0.3, 0.4) is 0 Å². The summed E-state index contributed by atoms with van der Waals surface area (Å²) in [7, 11) is -3.56. The zero-order valence-electron chi connectivity index (χ0n) is 10.9. The van der Waals surface area contributed by atoms with Crippen LogP contribution in [0.25, 0.3) is 0 Å². The van der Waals surface area contributed by atoms with Gasteiger partial charge in [0.05, 0.1) is 5.02 Å². The van der Waals surface area contributed by atoms with Crippen molar-refractivity contribution in [2.75, 3.05) is 12.4 Å². The molecular formula is C13H16BrCl2NO2S. The van der Waals surface area contributed by atoms with E-state index in [9.17, 15) is 8.42 Å². The number of halogens is 3. The lowest BCUT2D eigenvalue weighted by molar-refractivity contribution is 0.247. The Morgan fingerprint density at radius 3 is 2.75 bits per heavy atom. The van der Waals surface area contributed by atoms with Gasteiger partial charge in [-0.1, -0.05) is 34.0 Å². The Kier molecular flexibility index (Phi) is 5.77. The van der Waals surface area contributed by atoms with Crippen molar-refractivity contribution in [3.63, 3.8) is 0 Å². The molecular weight excluding hydrogens is 385 g/mol. The molecule has 0 radical (unpaired) electrons. The summed E-state index contributed by atoms with van der Waals surface area (Å²) in [6, 6.07) is 4.83. The molecule has 1 atom stereocenters. The maximum absolute atomic E-state index is 12.8. The lowest BCUT2D eigenvalue weighted by atomic mass is 10.0. The van der Waals surface area contributed by atoms with Crippen LogP contribution in [-0.4, -0.2) is 31.2 Å². The van der Waals surface area contributed by atoms with Crippen molar-refractivity contribution in [1.82, 2.24) is 4.31 Å². The van der Waals surface area contributed by atoms with Crippen LogP contribution in [0.2, 0.25) is 5.02 Å². The Morgan fingerprint density at radius 1 is 1.35 bits per heavy atom. The van der Waals surface area contributed by atoms with Crippen molar-refractivity contribution < 1.29 is 8.42 Å². The molecule has 0 aromatic heterocycles. The average molecular weight is 401 g/mol. The molecule has 0 aliphatic carbocycles. The molecule has 7 heteroatoms. The Bertz CT molecular complexity index is 578. The molecule has 1 heterocycles. The molecule has 1 aromatic carbocycles. The molecule has 1 unspecified atom stereocenters. The van der Waals surface area contributed by atoms with E-state index in [1.54, 1.807) is 22.5 Å². The summed E-state index contributed by atoms with van der Waals surface area (Å²) < 4.78 is 27.9. The molecule has 112 valence electrons. The molecule has 0 bridgehead atoms. The van der Waals surface area contributed by atoms with Crippen molar-refractivity contribution in [3.8, 4) is 0 Å². The van der Waals surface area contributed by atoms with Crippen LogP contribution in [-0.2, 0) is 10.0 Å². The van der Waals surface area contributed by atoms with Crippen molar-refractivity contribution in [1.29, 1.82) is 0 Å². The van der Waals surface area contributed by atoms with Crippen LogP contribution in [0.1, 0.15) is 25.7 Å². The second-order valence-corrected chi connectivity index (χ2v) is 8.38. The predicted molar refractivity (Wildman–Crippen MR) is 86.0 cm³/mol. The van der Waals surface area contributed by atoms with Gasteiger partial charge in [0.2, 0.25) is 10.0 Å². The molecule has 1 aromatic rings. The van der Waals surface area contributed by atoms with E-state index < -0.39 is 10.0 Å². The first-order valence-corrected chi connectivity index (χ1v) is 9.64. The van der Waals surface area contributed by atoms with Crippen LogP contribution in [0.4, 0.5) is 0 Å². The monoisotopic (exact) mass is 399 g/mol. The fourth-order valence-corrected chi connectivity index (χ4v) is 5.50. The fourth-order valence-electron chi connectivity index (χ4n) is 2.52. The highest BCUT2D eigenvalue weighted by molar-refractivity contribution is 9.10. The van der Waals surface area contributed by atoms with Gasteiger partial charge in [-0.3, -0.25) is 0 Å². The third-order valence-corrected chi connectivity index (χ3v) is 6.64. The van der Waals surface area contributed by atoms with Crippen LogP contribution >= 0.6 is 39.1 Å². The van der Waals surface area contributed by atoms with Crippen molar-refractivity contribution >= 4 is 49.2 Å². The lowest BCUT2D eigenvalue weighted by Crippen LogP contribution is -2.43. The van der Waals surface area contributed by atoms with E-state index in [4.69, 9.17) is 23.2 Å². The van der Waals surface area contributed by atoms with Crippen LogP contribution in [0.5, 0.6) is 0 Å². The molecule has 0 spiro atoms. The Labute approximate surface area is 138 Å². The summed E-state index contributed by atoms with van der Waals surface area (Å²) in [6.07, 6.45) is 3.46. The number of rotatable bonds is 4. The Morgan fingerprint density at radius 2 is 2.10 bits per heavy atom. The quantitative estimate of drug-likeness (QED) is 0.707. The van der Waals surface area contributed by atoms with Gasteiger partial charge in [0.15, 0.2) is 0 Å². The third-order valence-electron chi connectivity index (χ3n) is 3.50. The highest BCUT2D eigenvalue weighted by atomic mass is 79.9. The summed E-state index contributed by atoms with van der Waals surface area (Å²) >= 11 is 15.2. The van der Waals surface area contributed by atoms with Gasteiger partial charge in [-0.2, -0.15) is 4.31 Å². The first-order valence-electron chi connectivity index (χ1n) is 6.49. The number of hydrogen-bond donors (Lipinski definition) is 0. The number of sulfonamides is 1. The van der Waals surface area contributed by atoms with E-state index in [1.165, 1.54) is 0 Å². The molecule has 0 amide bonds. The summed E-state index contributed by atoms with van der Waals surface area (Å²) in [6.45, 7) is 0.538. The average Bonchev–Trinajstić information content (AvgIpc) is 2.39. The van der Waals surface area contributed by atoms with Gasteiger partial charge in [-0.05, 0) is 37.5 Å². The second-order valence-electron chi connectivity index (χ2n) is 4.82. The van der Waals surface area contributed by atoms with Crippen LogP contribution in [0, 0.1) is 0 Å². The molecule has 1 aliphatic heterocycles. The minimum Gasteiger partial charge on any atom is -0.207 e. The summed E-state index contributed by atoms with van der Waals surface area (Å²) in [5, 5.41) is 0.245. The summed E-state index contributed by atoms with van der Waals surface area (Å²) in [4.78, 5) is 0.170. The number of nitrogens with zero attached hydrogens (tertiary/aromatic N) is 1. The lowest BCUT2D eigenvalue weighted by Gasteiger charge is -2.34. The van der Waals surface area contributed by atoms with E-state index in [0.29, 0.717) is 18.8 Å². The van der Waals surface area contributed by atoms with Gasteiger partial charge in [0.1, 0.15) is 4.90 Å². The minimum atomic E-state index is -3.56. The molecule has 3 nitrogen and oxygen atoms in total. The van der Waals surface area contributed by atoms with Gasteiger partial charge in [0.25, 0.3) is 0 Å². The highest BCUT2D eigenvalue weighted by Crippen LogP contribution is 2.32. The number of hydrogen-bond acceptors (Lipinski definition) is 2. The number of benzene rings is 1. The van der Waals surface area contributed by atoms with Gasteiger partial charge >= 0.3 is 0 Å². The van der Waals surface area contributed by atoms with Crippen LogP contribution in [0.15, 0.2) is 27.6 Å². The van der Waals surface area contributed by atoms with E-state index >= 15 is 0 Å². The molecule has 1 aliphatic rings. The van der Waals surface area contributed by atoms with Gasteiger partial charge in [0, 0.05) is 22.9 Å². The Hall–Kier alpha value is 0.190. The number of alkyl halides is 1. The zero-order valence-corrected chi connectivity index (χ0v) is 14.8. The Balaban J connectivity index is 2.37. The van der Waals surface area contributed by atoms with Crippen LogP contribution < -0.4 is 0 Å². The SMILES string of the molecule is O=S(=O)(c1ccc(Br)cc1Cl)N1CCCCC1CCCl. The minimum absolute atomic E-state index is 0.0223. The summed E-state index contributed by atoms with van der Waals surface area (Å²) in [5.74, 6) is 0.463. The largest absolute Gasteiger partial charge is 0.244 e. The molecule has 2 rings (SSSR count). The highest BCUT2D eigenvalue weighted by Gasteiger charge is 2.34. The molecule has 0 N–H and O–H groups in total. The standard InChI is InChI=1S/C13H16BrCl2NO2S/c14-10-4-5-13(12(16)9-10)20(18,19)17-8-2-1-3-11(17)6-7-15/h4-5,9,11H,1-3,6-8H2. The van der Waals surface area contributed by atoms with Gasteiger partial charge in [-0.25, -0.2) is 8.42 Å². The van der Waals surface area contributed by atoms with E-state index in [-0.39, 0.29) is 16.0 Å². The topological polar surface area (TPSA) is 37.4 Å². The van der Waals surface area contributed by atoms with Crippen molar-refractivity contribution in [3.05, 3.63) is 27.7 Å². The third kappa shape index (κ3) is 3.50. The fraction of sp³-hybridized carbons (Fsp3) is 0.538. The maximum Gasteiger partial charge on any atom is 0.244 e. The maximum atomic E-state index is 12.8. The second kappa shape index (κ2) is 6.97. The summed E-state index contributed by atoms with van der Waals surface area (Å²) in [5.41, 5.74) is 0. The van der Waals surface area contributed by atoms with Crippen molar-refractivity contribution in [2.45, 2.75) is 36.6 Å². The van der Waals surface area contributed by atoms with E-state index in [1.807, 2.05) is 0 Å².